The van der Waals surface area contributed by atoms with Gasteiger partial charge in [0.25, 0.3) is 0 Å². The fourth-order valence-electron chi connectivity index (χ4n) is 1.51. The summed E-state index contributed by atoms with van der Waals surface area (Å²) in [5, 5.41) is 6.58. The number of H-pyrrole nitrogens is 1. The number of halogens is 1. The van der Waals surface area contributed by atoms with Gasteiger partial charge in [0, 0.05) is 18.2 Å². The third kappa shape index (κ3) is 2.13. The molecule has 2 rings (SSSR count). The fraction of sp³-hybridized carbons (Fsp3) is 0.182. The van der Waals surface area contributed by atoms with Gasteiger partial charge in [-0.3, -0.25) is 5.10 Å². The largest absolute Gasteiger partial charge is 0.494 e. The van der Waals surface area contributed by atoms with Crippen molar-refractivity contribution in [2.75, 3.05) is 12.8 Å². The van der Waals surface area contributed by atoms with E-state index >= 15 is 0 Å². The number of ether oxygens (including phenoxy) is 1. The summed E-state index contributed by atoms with van der Waals surface area (Å²) in [5.74, 6) is 0.310. The molecule has 0 fully saturated rings. The average molecular weight is 221 g/mol. The van der Waals surface area contributed by atoms with Gasteiger partial charge in [0.05, 0.1) is 7.11 Å². The van der Waals surface area contributed by atoms with Crippen molar-refractivity contribution in [1.82, 2.24) is 10.2 Å². The van der Waals surface area contributed by atoms with E-state index in [0.29, 0.717) is 12.2 Å². The number of benzene rings is 1. The van der Waals surface area contributed by atoms with Gasteiger partial charge in [-0.1, -0.05) is 6.07 Å². The number of nitrogen functional groups attached to an aromatic ring is 1. The molecule has 0 aliphatic rings. The first-order chi connectivity index (χ1) is 7.69. The van der Waals surface area contributed by atoms with Gasteiger partial charge in [-0.15, -0.1) is 0 Å². The highest BCUT2D eigenvalue weighted by molar-refractivity contribution is 5.34. The van der Waals surface area contributed by atoms with Gasteiger partial charge in [0.1, 0.15) is 5.82 Å². The maximum atomic E-state index is 13.4. The van der Waals surface area contributed by atoms with Crippen molar-refractivity contribution >= 4 is 5.82 Å². The molecule has 1 aromatic carbocycles. The first-order valence-corrected chi connectivity index (χ1v) is 4.81. The van der Waals surface area contributed by atoms with Crippen LogP contribution in [-0.4, -0.2) is 17.3 Å². The van der Waals surface area contributed by atoms with Gasteiger partial charge >= 0.3 is 0 Å². The predicted octanol–water partition coefficient (Wildman–Crippen LogP) is 1.73. The molecule has 0 bridgehead atoms. The minimum absolute atomic E-state index is 0.243. The van der Waals surface area contributed by atoms with Gasteiger partial charge in [-0.2, -0.15) is 5.10 Å². The number of rotatable bonds is 3. The monoisotopic (exact) mass is 221 g/mol. The van der Waals surface area contributed by atoms with Crippen molar-refractivity contribution in [2.45, 2.75) is 6.42 Å². The lowest BCUT2D eigenvalue weighted by atomic mass is 10.1. The maximum absolute atomic E-state index is 13.4. The van der Waals surface area contributed by atoms with Crippen LogP contribution in [0.1, 0.15) is 11.3 Å². The Morgan fingerprint density at radius 1 is 1.44 bits per heavy atom. The first-order valence-electron chi connectivity index (χ1n) is 4.81. The highest BCUT2D eigenvalue weighted by Gasteiger charge is 2.05. The lowest BCUT2D eigenvalue weighted by molar-refractivity contribution is 0.386. The normalized spacial score (nSPS) is 10.4. The van der Waals surface area contributed by atoms with E-state index in [1.54, 1.807) is 18.2 Å². The number of nitrogens with two attached hydrogens (primary N) is 1. The van der Waals surface area contributed by atoms with Crippen molar-refractivity contribution in [3.05, 3.63) is 41.3 Å². The molecule has 0 radical (unpaired) electrons. The Hall–Kier alpha value is -2.04. The molecule has 0 saturated heterocycles. The topological polar surface area (TPSA) is 63.9 Å². The van der Waals surface area contributed by atoms with Crippen molar-refractivity contribution in [3.63, 3.8) is 0 Å². The van der Waals surface area contributed by atoms with Gasteiger partial charge in [-0.05, 0) is 17.7 Å². The molecule has 0 amide bonds. The Kier molecular flexibility index (Phi) is 2.76. The number of methoxy groups -OCH3 is 1. The van der Waals surface area contributed by atoms with E-state index < -0.39 is 0 Å². The average Bonchev–Trinajstić information content (AvgIpc) is 2.64. The van der Waals surface area contributed by atoms with E-state index in [1.165, 1.54) is 13.2 Å². The molecule has 16 heavy (non-hydrogen) atoms. The molecule has 5 heteroatoms. The SMILES string of the molecule is COc1ccc(Cc2cc(N)n[nH]2)cc1F. The number of nitrogens with zero attached hydrogens (tertiary/aromatic N) is 1. The molecular formula is C11H12FN3O. The first kappa shape index (κ1) is 10.5. The van der Waals surface area contributed by atoms with E-state index in [9.17, 15) is 4.39 Å². The highest BCUT2D eigenvalue weighted by atomic mass is 19.1. The van der Waals surface area contributed by atoms with Crippen molar-refractivity contribution in [2.24, 2.45) is 0 Å². The molecule has 0 aliphatic heterocycles. The van der Waals surface area contributed by atoms with Crippen molar-refractivity contribution in [1.29, 1.82) is 0 Å². The van der Waals surface area contributed by atoms with Crippen LogP contribution < -0.4 is 10.5 Å². The van der Waals surface area contributed by atoms with Crippen LogP contribution in [0.3, 0.4) is 0 Å². The third-order valence-electron chi connectivity index (χ3n) is 2.26. The van der Waals surface area contributed by atoms with E-state index in [-0.39, 0.29) is 11.6 Å². The molecule has 1 aromatic heterocycles. The van der Waals surface area contributed by atoms with Gasteiger partial charge in [-0.25, -0.2) is 4.39 Å². The molecule has 4 nitrogen and oxygen atoms in total. The number of hydrogen-bond acceptors (Lipinski definition) is 3. The standard InChI is InChI=1S/C11H12FN3O/c1-16-10-3-2-7(5-9(10)12)4-8-6-11(13)15-14-8/h2-3,5-6H,4H2,1H3,(H3,13,14,15). The minimum atomic E-state index is -0.368. The third-order valence-corrected chi connectivity index (χ3v) is 2.26. The zero-order valence-electron chi connectivity index (χ0n) is 8.83. The van der Waals surface area contributed by atoms with Gasteiger partial charge in [0.2, 0.25) is 0 Å². The summed E-state index contributed by atoms with van der Waals surface area (Å²) in [4.78, 5) is 0. The summed E-state index contributed by atoms with van der Waals surface area (Å²) in [6.07, 6.45) is 0.561. The molecule has 0 spiro atoms. The van der Waals surface area contributed by atoms with Crippen LogP contribution in [0.5, 0.6) is 5.75 Å². The molecular weight excluding hydrogens is 209 g/mol. The molecule has 84 valence electrons. The van der Waals surface area contributed by atoms with Crippen LogP contribution in [-0.2, 0) is 6.42 Å². The number of nitrogens with one attached hydrogen (secondary N) is 1. The molecule has 0 aliphatic carbocycles. The summed E-state index contributed by atoms with van der Waals surface area (Å²) >= 11 is 0. The van der Waals surface area contributed by atoms with Crippen LogP contribution in [0.25, 0.3) is 0 Å². The van der Waals surface area contributed by atoms with E-state index in [2.05, 4.69) is 10.2 Å². The smallest absolute Gasteiger partial charge is 0.165 e. The number of aromatic nitrogens is 2. The Balaban J connectivity index is 2.19. The maximum Gasteiger partial charge on any atom is 0.165 e. The summed E-state index contributed by atoms with van der Waals surface area (Å²) in [6, 6.07) is 6.57. The molecule has 0 atom stereocenters. The van der Waals surface area contributed by atoms with Gasteiger partial charge < -0.3 is 10.5 Å². The van der Waals surface area contributed by atoms with Crippen LogP contribution in [0, 0.1) is 5.82 Å². The fourth-order valence-corrected chi connectivity index (χ4v) is 1.51. The van der Waals surface area contributed by atoms with Crippen LogP contribution in [0.4, 0.5) is 10.2 Å². The Bertz CT molecular complexity index is 496. The lowest BCUT2D eigenvalue weighted by Crippen LogP contribution is -1.93. The van der Waals surface area contributed by atoms with Crippen LogP contribution in [0.2, 0.25) is 0 Å². The minimum Gasteiger partial charge on any atom is -0.494 e. The predicted molar refractivity (Wildman–Crippen MR) is 58.8 cm³/mol. The summed E-state index contributed by atoms with van der Waals surface area (Å²) in [7, 11) is 1.44. The van der Waals surface area contributed by atoms with Crippen LogP contribution in [0.15, 0.2) is 24.3 Å². The number of aromatic amines is 1. The number of anilines is 1. The number of hydrogen-bond donors (Lipinski definition) is 2. The summed E-state index contributed by atoms with van der Waals surface area (Å²) < 4.78 is 18.2. The highest BCUT2D eigenvalue weighted by Crippen LogP contribution is 2.19. The van der Waals surface area contributed by atoms with Crippen molar-refractivity contribution < 1.29 is 9.13 Å². The molecule has 3 N–H and O–H groups in total. The zero-order valence-corrected chi connectivity index (χ0v) is 8.83. The van der Waals surface area contributed by atoms with Crippen molar-refractivity contribution in [3.8, 4) is 5.75 Å². The zero-order chi connectivity index (χ0) is 11.5. The van der Waals surface area contributed by atoms with Crippen LogP contribution >= 0.6 is 0 Å². The second-order valence-corrected chi connectivity index (χ2v) is 3.46. The molecule has 1 heterocycles. The second-order valence-electron chi connectivity index (χ2n) is 3.46. The lowest BCUT2D eigenvalue weighted by Gasteiger charge is -2.03. The Morgan fingerprint density at radius 3 is 2.81 bits per heavy atom. The molecule has 0 unspecified atom stereocenters. The van der Waals surface area contributed by atoms with Gasteiger partial charge in [0.15, 0.2) is 11.6 Å². The second kappa shape index (κ2) is 4.22. The van der Waals surface area contributed by atoms with E-state index in [4.69, 9.17) is 10.5 Å². The summed E-state index contributed by atoms with van der Waals surface area (Å²) in [6.45, 7) is 0. The van der Waals surface area contributed by atoms with E-state index in [1.807, 2.05) is 0 Å². The Morgan fingerprint density at radius 2 is 2.25 bits per heavy atom. The molecule has 0 saturated carbocycles. The summed E-state index contributed by atoms with van der Waals surface area (Å²) in [5.41, 5.74) is 7.16. The quantitative estimate of drug-likeness (QED) is 0.829. The Labute approximate surface area is 92.2 Å². The van der Waals surface area contributed by atoms with E-state index in [0.717, 1.165) is 11.3 Å². The molecule has 2 aromatic rings.